The third kappa shape index (κ3) is 2.35. The number of aromatic nitrogens is 3. The van der Waals surface area contributed by atoms with Crippen molar-refractivity contribution in [1.29, 1.82) is 0 Å². The topological polar surface area (TPSA) is 50.9 Å². The van der Waals surface area contributed by atoms with Gasteiger partial charge in [0.15, 0.2) is 5.65 Å². The summed E-state index contributed by atoms with van der Waals surface area (Å²) < 4.78 is 2.11. The van der Waals surface area contributed by atoms with Crippen molar-refractivity contribution in [2.24, 2.45) is 0 Å². The molecule has 1 fully saturated rings. The first-order valence-corrected chi connectivity index (χ1v) is 8.69. The van der Waals surface area contributed by atoms with Crippen LogP contribution in [-0.4, -0.2) is 31.1 Å². The molecule has 112 valence electrons. The largest absolute Gasteiger partial charge is 0.508 e. The number of aromatic hydroxyl groups is 1. The maximum Gasteiger partial charge on any atom is 0.164 e. The fourth-order valence-electron chi connectivity index (χ4n) is 3.05. The Morgan fingerprint density at radius 3 is 2.82 bits per heavy atom. The van der Waals surface area contributed by atoms with Gasteiger partial charge in [0.2, 0.25) is 0 Å². The zero-order valence-electron chi connectivity index (χ0n) is 12.1. The smallest absolute Gasteiger partial charge is 0.164 e. The Hall–Kier alpha value is -2.01. The van der Waals surface area contributed by atoms with Crippen molar-refractivity contribution in [1.82, 2.24) is 14.5 Å². The van der Waals surface area contributed by atoms with Crippen molar-refractivity contribution in [3.05, 3.63) is 48.4 Å². The molecule has 5 heteroatoms. The van der Waals surface area contributed by atoms with Gasteiger partial charge < -0.3 is 5.11 Å². The van der Waals surface area contributed by atoms with Gasteiger partial charge in [-0.15, -0.1) is 0 Å². The molecule has 22 heavy (non-hydrogen) atoms. The van der Waals surface area contributed by atoms with Crippen LogP contribution >= 0.6 is 11.8 Å². The Morgan fingerprint density at radius 1 is 1.14 bits per heavy atom. The number of phenolic OH excluding ortho intramolecular Hbond substituents is 1. The number of nitrogens with zero attached hydrogens (tertiary/aromatic N) is 3. The summed E-state index contributed by atoms with van der Waals surface area (Å²) in [6.45, 7) is 0. The Kier molecular flexibility index (Phi) is 3.50. The van der Waals surface area contributed by atoms with E-state index >= 15 is 0 Å². The number of hydrogen-bond donors (Lipinski definition) is 1. The molecule has 0 radical (unpaired) electrons. The molecule has 0 saturated carbocycles. The third-order valence-electron chi connectivity index (χ3n) is 4.12. The highest BCUT2D eigenvalue weighted by atomic mass is 32.2. The fraction of sp³-hybridized carbons (Fsp3) is 0.294. The van der Waals surface area contributed by atoms with Gasteiger partial charge in [-0.05, 0) is 48.6 Å². The molecule has 0 amide bonds. The van der Waals surface area contributed by atoms with Crippen LogP contribution in [0.3, 0.4) is 0 Å². The highest BCUT2D eigenvalue weighted by Gasteiger charge is 2.24. The van der Waals surface area contributed by atoms with Crippen molar-refractivity contribution in [3.8, 4) is 11.4 Å². The highest BCUT2D eigenvalue weighted by molar-refractivity contribution is 7.99. The van der Waals surface area contributed by atoms with Crippen molar-refractivity contribution < 1.29 is 5.11 Å². The van der Waals surface area contributed by atoms with E-state index in [2.05, 4.69) is 9.55 Å². The van der Waals surface area contributed by atoms with Gasteiger partial charge in [-0.25, -0.2) is 9.97 Å². The van der Waals surface area contributed by atoms with E-state index in [9.17, 15) is 5.11 Å². The number of benzene rings is 1. The molecule has 1 aliphatic rings. The van der Waals surface area contributed by atoms with Crippen molar-refractivity contribution in [2.75, 3.05) is 11.5 Å². The Bertz CT molecular complexity index is 809. The van der Waals surface area contributed by atoms with E-state index in [1.165, 1.54) is 11.5 Å². The molecule has 0 atom stereocenters. The summed E-state index contributed by atoms with van der Waals surface area (Å²) >= 11 is 2.01. The van der Waals surface area contributed by atoms with E-state index in [0.29, 0.717) is 5.92 Å². The molecule has 0 spiro atoms. The van der Waals surface area contributed by atoms with E-state index in [0.717, 1.165) is 35.5 Å². The summed E-state index contributed by atoms with van der Waals surface area (Å²) in [6.07, 6.45) is 4.09. The second-order valence-electron chi connectivity index (χ2n) is 5.56. The predicted molar refractivity (Wildman–Crippen MR) is 89.8 cm³/mol. The minimum Gasteiger partial charge on any atom is -0.508 e. The maximum absolute atomic E-state index is 9.83. The van der Waals surface area contributed by atoms with Gasteiger partial charge in [0, 0.05) is 18.2 Å². The SMILES string of the molecule is Oc1cccc(-n2c(C3CCSCC3)nc3cccnc32)c1. The molecule has 1 N–H and O–H groups in total. The van der Waals surface area contributed by atoms with E-state index in [-0.39, 0.29) is 5.75 Å². The molecule has 4 rings (SSSR count). The average Bonchev–Trinajstić information content (AvgIpc) is 2.95. The molecule has 1 aromatic carbocycles. The number of imidazole rings is 1. The summed E-state index contributed by atoms with van der Waals surface area (Å²) in [6, 6.07) is 11.2. The zero-order valence-corrected chi connectivity index (χ0v) is 13.0. The molecule has 1 aliphatic heterocycles. The molecular weight excluding hydrogens is 294 g/mol. The van der Waals surface area contributed by atoms with Crippen molar-refractivity contribution in [3.63, 3.8) is 0 Å². The van der Waals surface area contributed by atoms with Crippen LogP contribution in [0.25, 0.3) is 16.9 Å². The summed E-state index contributed by atoms with van der Waals surface area (Å²) in [5.74, 6) is 4.15. The lowest BCUT2D eigenvalue weighted by molar-refractivity contribution is 0.475. The third-order valence-corrected chi connectivity index (χ3v) is 5.17. The summed E-state index contributed by atoms with van der Waals surface area (Å²) in [4.78, 5) is 9.37. The van der Waals surface area contributed by atoms with Crippen LogP contribution < -0.4 is 0 Å². The van der Waals surface area contributed by atoms with Gasteiger partial charge in [0.25, 0.3) is 0 Å². The Balaban J connectivity index is 1.93. The van der Waals surface area contributed by atoms with Gasteiger partial charge in [-0.3, -0.25) is 4.57 Å². The van der Waals surface area contributed by atoms with Crippen LogP contribution in [0.5, 0.6) is 5.75 Å². The van der Waals surface area contributed by atoms with Gasteiger partial charge in [0.1, 0.15) is 17.1 Å². The maximum atomic E-state index is 9.83. The number of rotatable bonds is 2. The first-order valence-electron chi connectivity index (χ1n) is 7.53. The van der Waals surface area contributed by atoms with Crippen LogP contribution in [0.4, 0.5) is 0 Å². The number of pyridine rings is 1. The first kappa shape index (κ1) is 13.6. The molecule has 4 nitrogen and oxygen atoms in total. The van der Waals surface area contributed by atoms with Crippen LogP contribution in [0.1, 0.15) is 24.6 Å². The van der Waals surface area contributed by atoms with Crippen LogP contribution in [0, 0.1) is 0 Å². The molecule has 0 bridgehead atoms. The summed E-state index contributed by atoms with van der Waals surface area (Å²) in [5.41, 5.74) is 2.70. The lowest BCUT2D eigenvalue weighted by Gasteiger charge is -2.22. The van der Waals surface area contributed by atoms with Gasteiger partial charge in [-0.2, -0.15) is 11.8 Å². The van der Waals surface area contributed by atoms with Crippen LogP contribution in [-0.2, 0) is 0 Å². The first-order chi connectivity index (χ1) is 10.8. The standard InChI is InChI=1S/C17H17N3OS/c21-14-4-1-3-13(11-14)20-16(12-6-9-22-10-7-12)19-15-5-2-8-18-17(15)20/h1-5,8,11-12,21H,6-7,9-10H2. The average molecular weight is 311 g/mol. The molecule has 2 aromatic heterocycles. The number of fused-ring (bicyclic) bond motifs is 1. The second kappa shape index (κ2) is 5.65. The van der Waals surface area contributed by atoms with Gasteiger partial charge >= 0.3 is 0 Å². The Labute approximate surface area is 133 Å². The normalized spacial score (nSPS) is 16.2. The van der Waals surface area contributed by atoms with E-state index in [1.54, 1.807) is 18.3 Å². The molecule has 3 aromatic rings. The van der Waals surface area contributed by atoms with Crippen molar-refractivity contribution in [2.45, 2.75) is 18.8 Å². The number of hydrogen-bond acceptors (Lipinski definition) is 4. The summed E-state index contributed by atoms with van der Waals surface area (Å²) in [5, 5.41) is 9.83. The Morgan fingerprint density at radius 2 is 2.00 bits per heavy atom. The molecule has 0 unspecified atom stereocenters. The van der Waals surface area contributed by atoms with E-state index in [1.807, 2.05) is 36.0 Å². The molecular formula is C17H17N3OS. The highest BCUT2D eigenvalue weighted by Crippen LogP contribution is 2.34. The van der Waals surface area contributed by atoms with Crippen molar-refractivity contribution >= 4 is 22.9 Å². The monoisotopic (exact) mass is 311 g/mol. The van der Waals surface area contributed by atoms with Crippen LogP contribution in [0.2, 0.25) is 0 Å². The lowest BCUT2D eigenvalue weighted by Crippen LogP contribution is -2.13. The summed E-state index contributed by atoms with van der Waals surface area (Å²) in [7, 11) is 0. The molecule has 3 heterocycles. The minimum atomic E-state index is 0.264. The lowest BCUT2D eigenvalue weighted by atomic mass is 10.0. The quantitative estimate of drug-likeness (QED) is 0.783. The zero-order chi connectivity index (χ0) is 14.9. The minimum absolute atomic E-state index is 0.264. The van der Waals surface area contributed by atoms with E-state index < -0.39 is 0 Å². The van der Waals surface area contributed by atoms with E-state index in [4.69, 9.17) is 4.98 Å². The number of thioether (sulfide) groups is 1. The fourth-order valence-corrected chi connectivity index (χ4v) is 4.15. The van der Waals surface area contributed by atoms with Gasteiger partial charge in [-0.1, -0.05) is 6.07 Å². The predicted octanol–water partition coefficient (Wildman–Crippen LogP) is 3.74. The molecule has 1 saturated heterocycles. The van der Waals surface area contributed by atoms with Gasteiger partial charge in [0.05, 0.1) is 5.69 Å². The van der Waals surface area contributed by atoms with Crippen LogP contribution in [0.15, 0.2) is 42.6 Å². The number of phenols is 1. The second-order valence-corrected chi connectivity index (χ2v) is 6.78. The molecule has 0 aliphatic carbocycles.